The van der Waals surface area contributed by atoms with Crippen molar-refractivity contribution >= 4 is 18.0 Å². The number of aliphatic hydroxyl groups excluding tert-OH is 1. The number of carbonyl (C=O) groups is 3. The summed E-state index contributed by atoms with van der Waals surface area (Å²) >= 11 is 0. The Morgan fingerprint density at radius 2 is 1.64 bits per heavy atom. The van der Waals surface area contributed by atoms with Crippen molar-refractivity contribution in [2.45, 2.75) is 38.1 Å². The zero-order chi connectivity index (χ0) is 23.8. The van der Waals surface area contributed by atoms with Gasteiger partial charge in [-0.2, -0.15) is 0 Å². The maximum Gasteiger partial charge on any atom is 0.407 e. The third-order valence-electron chi connectivity index (χ3n) is 5.81. The van der Waals surface area contributed by atoms with Crippen LogP contribution in [0.3, 0.4) is 0 Å². The Labute approximate surface area is 193 Å². The molecule has 0 bridgehead atoms. The molecular weight excluding hydrogens is 424 g/mol. The van der Waals surface area contributed by atoms with Crippen LogP contribution in [-0.4, -0.2) is 54.0 Å². The Hall–Kier alpha value is -3.39. The monoisotopic (exact) mass is 454 g/mol. The molecule has 2 atom stereocenters. The van der Waals surface area contributed by atoms with Gasteiger partial charge < -0.3 is 25.6 Å². The average Bonchev–Trinajstić information content (AvgIpc) is 3.13. The van der Waals surface area contributed by atoms with Gasteiger partial charge in [0, 0.05) is 19.1 Å². The van der Waals surface area contributed by atoms with Crippen molar-refractivity contribution in [1.29, 1.82) is 0 Å². The van der Waals surface area contributed by atoms with Crippen molar-refractivity contribution in [2.24, 2.45) is 5.92 Å². The number of amides is 2. The van der Waals surface area contributed by atoms with Crippen molar-refractivity contribution in [3.8, 4) is 11.1 Å². The highest BCUT2D eigenvalue weighted by Crippen LogP contribution is 2.44. The fourth-order valence-corrected chi connectivity index (χ4v) is 4.11. The molecule has 0 radical (unpaired) electrons. The number of hydrogen-bond donors (Lipinski definition) is 4. The quantitative estimate of drug-likeness (QED) is 0.414. The van der Waals surface area contributed by atoms with Crippen LogP contribution < -0.4 is 10.6 Å². The first kappa shape index (κ1) is 24.3. The largest absolute Gasteiger partial charge is 0.481 e. The number of aliphatic carboxylic acids is 1. The van der Waals surface area contributed by atoms with E-state index in [4.69, 9.17) is 14.9 Å². The molecule has 176 valence electrons. The highest BCUT2D eigenvalue weighted by molar-refractivity contribution is 5.89. The first-order chi connectivity index (χ1) is 15.9. The topological polar surface area (TPSA) is 125 Å². The molecule has 0 spiro atoms. The van der Waals surface area contributed by atoms with Crippen molar-refractivity contribution < 1.29 is 29.3 Å². The maximum atomic E-state index is 12.5. The summed E-state index contributed by atoms with van der Waals surface area (Å²) < 4.78 is 5.43. The minimum Gasteiger partial charge on any atom is -0.481 e. The molecule has 1 aliphatic carbocycles. The van der Waals surface area contributed by atoms with Gasteiger partial charge in [-0.1, -0.05) is 55.5 Å². The van der Waals surface area contributed by atoms with E-state index in [1.54, 1.807) is 0 Å². The highest BCUT2D eigenvalue weighted by Gasteiger charge is 2.30. The Morgan fingerprint density at radius 1 is 1.03 bits per heavy atom. The fraction of sp³-hybridized carbons (Fsp3) is 0.400. The first-order valence-corrected chi connectivity index (χ1v) is 11.1. The van der Waals surface area contributed by atoms with E-state index in [0.717, 1.165) is 28.7 Å². The van der Waals surface area contributed by atoms with Gasteiger partial charge in [-0.15, -0.1) is 0 Å². The third kappa shape index (κ3) is 6.32. The van der Waals surface area contributed by atoms with E-state index >= 15 is 0 Å². The number of benzene rings is 2. The minimum absolute atomic E-state index is 0.0689. The van der Waals surface area contributed by atoms with Gasteiger partial charge in [0.1, 0.15) is 12.6 Å². The normalized spacial score (nSPS) is 14.0. The summed E-state index contributed by atoms with van der Waals surface area (Å²) in [5.74, 6) is -1.81. The van der Waals surface area contributed by atoms with Crippen LogP contribution in [0.2, 0.25) is 0 Å². The number of alkyl carbamates (subject to hydrolysis) is 1. The molecule has 0 aromatic heterocycles. The van der Waals surface area contributed by atoms with Crippen LogP contribution in [0, 0.1) is 5.92 Å². The van der Waals surface area contributed by atoms with E-state index in [0.29, 0.717) is 13.0 Å². The molecule has 0 saturated heterocycles. The zero-order valence-corrected chi connectivity index (χ0v) is 18.6. The smallest absolute Gasteiger partial charge is 0.407 e. The van der Waals surface area contributed by atoms with Crippen LogP contribution in [0.1, 0.15) is 43.2 Å². The summed E-state index contributed by atoms with van der Waals surface area (Å²) in [4.78, 5) is 36.2. The zero-order valence-electron chi connectivity index (χ0n) is 18.6. The second-order valence-corrected chi connectivity index (χ2v) is 8.34. The average molecular weight is 455 g/mol. The summed E-state index contributed by atoms with van der Waals surface area (Å²) in [5, 5.41) is 23.1. The summed E-state index contributed by atoms with van der Waals surface area (Å²) in [6, 6.07) is 14.6. The number of rotatable bonds is 11. The highest BCUT2D eigenvalue weighted by atomic mass is 16.5. The number of carboxylic acids is 1. The molecule has 1 aliphatic rings. The van der Waals surface area contributed by atoms with Crippen molar-refractivity contribution in [3.63, 3.8) is 0 Å². The van der Waals surface area contributed by atoms with Crippen molar-refractivity contribution in [1.82, 2.24) is 10.6 Å². The summed E-state index contributed by atoms with van der Waals surface area (Å²) in [6.07, 6.45) is -0.0546. The molecule has 2 aromatic carbocycles. The van der Waals surface area contributed by atoms with Gasteiger partial charge in [0.2, 0.25) is 5.91 Å². The van der Waals surface area contributed by atoms with Crippen LogP contribution in [0.25, 0.3) is 11.1 Å². The van der Waals surface area contributed by atoms with Gasteiger partial charge in [0.15, 0.2) is 0 Å². The second-order valence-electron chi connectivity index (χ2n) is 8.34. The van der Waals surface area contributed by atoms with Gasteiger partial charge in [-0.25, -0.2) is 4.79 Å². The molecule has 8 heteroatoms. The van der Waals surface area contributed by atoms with Gasteiger partial charge in [-0.3, -0.25) is 9.59 Å². The van der Waals surface area contributed by atoms with Gasteiger partial charge in [0.05, 0.1) is 6.42 Å². The molecule has 8 nitrogen and oxygen atoms in total. The maximum absolute atomic E-state index is 12.5. The van der Waals surface area contributed by atoms with E-state index in [1.165, 1.54) is 0 Å². The number of aliphatic hydroxyl groups is 1. The second kappa shape index (κ2) is 11.5. The van der Waals surface area contributed by atoms with Gasteiger partial charge in [0.25, 0.3) is 0 Å². The van der Waals surface area contributed by atoms with Crippen molar-refractivity contribution in [3.05, 3.63) is 59.7 Å². The van der Waals surface area contributed by atoms with Crippen LogP contribution in [-0.2, 0) is 14.3 Å². The Kier molecular flexibility index (Phi) is 8.43. The van der Waals surface area contributed by atoms with Crippen LogP contribution in [0.5, 0.6) is 0 Å². The van der Waals surface area contributed by atoms with Gasteiger partial charge in [-0.05, 0) is 41.0 Å². The van der Waals surface area contributed by atoms with Crippen LogP contribution >= 0.6 is 0 Å². The van der Waals surface area contributed by atoms with Gasteiger partial charge >= 0.3 is 12.1 Å². The van der Waals surface area contributed by atoms with E-state index in [-0.39, 0.29) is 25.0 Å². The standard InChI is InChI=1S/C25H30N2O6/c1-16(7-6-12-28)14-26-24(31)22(13-23(29)30)27-25(32)33-15-21-19-10-4-2-8-17(19)18-9-3-5-11-20(18)21/h2-5,8-11,16,21-22,28H,6-7,12-15H2,1H3,(H,26,31)(H,27,32)(H,29,30). The van der Waals surface area contributed by atoms with E-state index in [9.17, 15) is 14.4 Å². The molecule has 2 unspecified atom stereocenters. The molecule has 3 rings (SSSR count). The molecule has 2 aromatic rings. The lowest BCUT2D eigenvalue weighted by molar-refractivity contribution is -0.139. The Morgan fingerprint density at radius 3 is 2.21 bits per heavy atom. The molecule has 0 fully saturated rings. The van der Waals surface area contributed by atoms with Crippen molar-refractivity contribution in [2.75, 3.05) is 19.8 Å². The van der Waals surface area contributed by atoms with Crippen LogP contribution in [0.4, 0.5) is 4.79 Å². The SMILES string of the molecule is CC(CCCO)CNC(=O)C(CC(=O)O)NC(=O)OCC1c2ccccc2-c2ccccc21. The summed E-state index contributed by atoms with van der Waals surface area (Å²) in [5.41, 5.74) is 4.31. The number of carboxylic acid groups (broad SMARTS) is 1. The molecule has 0 heterocycles. The summed E-state index contributed by atoms with van der Waals surface area (Å²) in [7, 11) is 0. The third-order valence-corrected chi connectivity index (χ3v) is 5.81. The van der Waals surface area contributed by atoms with E-state index in [2.05, 4.69) is 10.6 Å². The number of hydrogen-bond acceptors (Lipinski definition) is 5. The van der Waals surface area contributed by atoms with E-state index in [1.807, 2.05) is 55.5 Å². The molecule has 33 heavy (non-hydrogen) atoms. The Bertz CT molecular complexity index is 947. The Balaban J connectivity index is 1.59. The number of ether oxygens (including phenoxy) is 1. The predicted molar refractivity (Wildman–Crippen MR) is 123 cm³/mol. The number of nitrogens with one attached hydrogen (secondary N) is 2. The molecule has 2 amide bonds. The van der Waals surface area contributed by atoms with E-state index < -0.39 is 30.4 Å². The van der Waals surface area contributed by atoms with Crippen LogP contribution in [0.15, 0.2) is 48.5 Å². The minimum atomic E-state index is -1.25. The lowest BCUT2D eigenvalue weighted by Crippen LogP contribution is -2.49. The summed E-state index contributed by atoms with van der Waals surface area (Å²) in [6.45, 7) is 2.38. The number of fused-ring (bicyclic) bond motifs is 3. The first-order valence-electron chi connectivity index (χ1n) is 11.1. The molecule has 0 aliphatic heterocycles. The molecular formula is C25H30N2O6. The lowest BCUT2D eigenvalue weighted by Gasteiger charge is -2.20. The number of carbonyl (C=O) groups excluding carboxylic acids is 2. The molecule has 4 N–H and O–H groups in total. The predicted octanol–water partition coefficient (Wildman–Crippen LogP) is 2.89. The lowest BCUT2D eigenvalue weighted by atomic mass is 9.98. The fourth-order valence-electron chi connectivity index (χ4n) is 4.11. The molecule has 0 saturated carbocycles.